The van der Waals surface area contributed by atoms with Crippen molar-refractivity contribution in [3.63, 3.8) is 0 Å². The zero-order valence-corrected chi connectivity index (χ0v) is 15.1. The average Bonchev–Trinajstić information content (AvgIpc) is 2.55. The van der Waals surface area contributed by atoms with Crippen LogP contribution in [0.15, 0.2) is 24.3 Å². The van der Waals surface area contributed by atoms with Crippen LogP contribution < -0.4 is 0 Å². The van der Waals surface area contributed by atoms with Crippen LogP contribution >= 0.6 is 0 Å². The highest BCUT2D eigenvalue weighted by Gasteiger charge is 2.36. The number of ether oxygens (including phenoxy) is 1. The van der Waals surface area contributed by atoms with Gasteiger partial charge >= 0.3 is 0 Å². The molecule has 23 heavy (non-hydrogen) atoms. The number of benzene rings is 1. The van der Waals surface area contributed by atoms with Crippen LogP contribution in [0.5, 0.6) is 0 Å². The third-order valence-corrected chi connectivity index (χ3v) is 5.94. The molecule has 2 saturated heterocycles. The van der Waals surface area contributed by atoms with E-state index in [4.69, 9.17) is 4.74 Å². The molecule has 1 spiro atoms. The lowest BCUT2D eigenvalue weighted by Gasteiger charge is -2.45. The molecule has 0 unspecified atom stereocenters. The van der Waals surface area contributed by atoms with Crippen molar-refractivity contribution in [2.75, 3.05) is 40.4 Å². The van der Waals surface area contributed by atoms with Crippen LogP contribution in [0.3, 0.4) is 0 Å². The number of likely N-dealkylation sites (tertiary alicyclic amines) is 1. The quantitative estimate of drug-likeness (QED) is 0.842. The summed E-state index contributed by atoms with van der Waals surface area (Å²) in [6.45, 7) is 7.79. The molecule has 128 valence electrons. The van der Waals surface area contributed by atoms with E-state index in [1.54, 1.807) is 0 Å². The van der Waals surface area contributed by atoms with E-state index in [-0.39, 0.29) is 0 Å². The fourth-order valence-corrected chi connectivity index (χ4v) is 4.12. The Labute approximate surface area is 141 Å². The van der Waals surface area contributed by atoms with Gasteiger partial charge in [0.05, 0.1) is 0 Å². The van der Waals surface area contributed by atoms with Gasteiger partial charge in [-0.05, 0) is 69.8 Å². The van der Waals surface area contributed by atoms with Gasteiger partial charge in [-0.25, -0.2) is 0 Å². The van der Waals surface area contributed by atoms with E-state index in [1.807, 2.05) is 0 Å². The molecule has 0 amide bonds. The van der Waals surface area contributed by atoms with E-state index in [9.17, 15) is 0 Å². The van der Waals surface area contributed by atoms with Crippen molar-refractivity contribution in [1.82, 2.24) is 9.80 Å². The number of hydrogen-bond donors (Lipinski definition) is 0. The van der Waals surface area contributed by atoms with Crippen LogP contribution in [-0.2, 0) is 11.3 Å². The summed E-state index contributed by atoms with van der Waals surface area (Å²) in [6, 6.07) is 9.72. The van der Waals surface area contributed by atoms with Crippen LogP contribution in [0.1, 0.15) is 49.8 Å². The van der Waals surface area contributed by atoms with Crippen molar-refractivity contribution in [1.29, 1.82) is 0 Å². The number of piperidine rings is 1. The molecule has 3 nitrogen and oxygen atoms in total. The van der Waals surface area contributed by atoms with Crippen LogP contribution in [0.2, 0.25) is 0 Å². The lowest BCUT2D eigenvalue weighted by Crippen LogP contribution is -2.45. The van der Waals surface area contributed by atoms with Crippen LogP contribution in [0.4, 0.5) is 0 Å². The summed E-state index contributed by atoms with van der Waals surface area (Å²) in [7, 11) is 4.28. The summed E-state index contributed by atoms with van der Waals surface area (Å²) >= 11 is 0. The van der Waals surface area contributed by atoms with E-state index >= 15 is 0 Å². The number of hydrogen-bond acceptors (Lipinski definition) is 3. The molecule has 1 aromatic rings. The van der Waals surface area contributed by atoms with Gasteiger partial charge in [-0.2, -0.15) is 0 Å². The van der Waals surface area contributed by atoms with Gasteiger partial charge in [0.25, 0.3) is 0 Å². The van der Waals surface area contributed by atoms with Crippen molar-refractivity contribution >= 4 is 0 Å². The van der Waals surface area contributed by atoms with Crippen molar-refractivity contribution in [3.05, 3.63) is 35.4 Å². The second-order valence-corrected chi connectivity index (χ2v) is 7.81. The minimum absolute atomic E-state index is 0.476. The fraction of sp³-hybridized carbons (Fsp3) is 0.700. The lowest BCUT2D eigenvalue weighted by molar-refractivity contribution is -0.0291. The Morgan fingerprint density at radius 2 is 1.83 bits per heavy atom. The highest BCUT2D eigenvalue weighted by Crippen LogP contribution is 2.39. The lowest BCUT2D eigenvalue weighted by atomic mass is 9.74. The first-order valence-electron chi connectivity index (χ1n) is 9.13. The molecule has 2 heterocycles. The van der Waals surface area contributed by atoms with Crippen molar-refractivity contribution < 1.29 is 4.74 Å². The minimum atomic E-state index is 0.476. The molecule has 3 rings (SSSR count). The van der Waals surface area contributed by atoms with Gasteiger partial charge in [-0.15, -0.1) is 0 Å². The van der Waals surface area contributed by atoms with Gasteiger partial charge < -0.3 is 9.64 Å². The summed E-state index contributed by atoms with van der Waals surface area (Å²) in [6.07, 6.45) is 5.24. The summed E-state index contributed by atoms with van der Waals surface area (Å²) in [5.41, 5.74) is 3.39. The summed E-state index contributed by atoms with van der Waals surface area (Å²) in [4.78, 5) is 4.92. The Bertz CT molecular complexity index is 485. The van der Waals surface area contributed by atoms with Crippen LogP contribution in [0, 0.1) is 5.41 Å². The predicted octanol–water partition coefficient (Wildman–Crippen LogP) is 3.70. The van der Waals surface area contributed by atoms with Gasteiger partial charge in [-0.1, -0.05) is 24.3 Å². The summed E-state index contributed by atoms with van der Waals surface area (Å²) < 4.78 is 5.58. The first kappa shape index (κ1) is 16.9. The molecule has 0 aromatic heterocycles. The Kier molecular flexibility index (Phi) is 5.40. The molecule has 3 heteroatoms. The Balaban J connectivity index is 1.60. The van der Waals surface area contributed by atoms with E-state index in [0.29, 0.717) is 11.5 Å². The third kappa shape index (κ3) is 4.14. The molecule has 0 saturated carbocycles. The van der Waals surface area contributed by atoms with E-state index in [1.165, 1.54) is 49.9 Å². The van der Waals surface area contributed by atoms with Gasteiger partial charge in [-0.3, -0.25) is 4.90 Å². The maximum Gasteiger partial charge on any atom is 0.0471 e. The van der Waals surface area contributed by atoms with E-state index in [2.05, 4.69) is 55.1 Å². The molecule has 0 aliphatic carbocycles. The van der Waals surface area contributed by atoms with Crippen LogP contribution in [0.25, 0.3) is 0 Å². The Morgan fingerprint density at radius 3 is 2.48 bits per heavy atom. The first-order chi connectivity index (χ1) is 11.1. The molecule has 2 fully saturated rings. The van der Waals surface area contributed by atoms with Gasteiger partial charge in [0.15, 0.2) is 0 Å². The summed E-state index contributed by atoms with van der Waals surface area (Å²) in [5, 5.41) is 0. The maximum absolute atomic E-state index is 5.58. The summed E-state index contributed by atoms with van der Waals surface area (Å²) in [5.74, 6) is 0. The smallest absolute Gasteiger partial charge is 0.0471 e. The highest BCUT2D eigenvalue weighted by atomic mass is 16.5. The fourth-order valence-electron chi connectivity index (χ4n) is 4.12. The maximum atomic E-state index is 5.58. The molecule has 0 bridgehead atoms. The molecule has 0 radical (unpaired) electrons. The normalized spacial score (nSPS) is 23.3. The minimum Gasteiger partial charge on any atom is -0.381 e. The van der Waals surface area contributed by atoms with Gasteiger partial charge in [0.1, 0.15) is 0 Å². The second-order valence-electron chi connectivity index (χ2n) is 7.81. The average molecular weight is 316 g/mol. The molecular formula is C20H32N2O. The van der Waals surface area contributed by atoms with E-state index < -0.39 is 0 Å². The second kappa shape index (κ2) is 7.33. The predicted molar refractivity (Wildman–Crippen MR) is 95.5 cm³/mol. The molecule has 1 atom stereocenters. The van der Waals surface area contributed by atoms with Crippen LogP contribution in [-0.4, -0.2) is 50.2 Å². The topological polar surface area (TPSA) is 15.7 Å². The first-order valence-corrected chi connectivity index (χ1v) is 9.13. The zero-order valence-electron chi connectivity index (χ0n) is 15.1. The van der Waals surface area contributed by atoms with Crippen molar-refractivity contribution in [3.8, 4) is 0 Å². The Morgan fingerprint density at radius 1 is 1.13 bits per heavy atom. The molecule has 2 aliphatic rings. The third-order valence-electron chi connectivity index (χ3n) is 5.94. The molecular weight excluding hydrogens is 284 g/mol. The monoisotopic (exact) mass is 316 g/mol. The molecule has 0 N–H and O–H groups in total. The largest absolute Gasteiger partial charge is 0.381 e. The molecule has 2 aliphatic heterocycles. The standard InChI is InChI=1S/C20H32N2O/c1-17(21(2)3)19-7-5-18(6-8-19)15-22-12-4-9-20(16-22)10-13-23-14-11-20/h5-8,17H,4,9-16H2,1-3H3/t17-/m0/s1. The number of nitrogens with zero attached hydrogens (tertiary/aromatic N) is 2. The van der Waals surface area contributed by atoms with Gasteiger partial charge in [0.2, 0.25) is 0 Å². The number of rotatable bonds is 4. The van der Waals surface area contributed by atoms with E-state index in [0.717, 1.165) is 19.8 Å². The zero-order chi connectivity index (χ0) is 16.3. The Hall–Kier alpha value is -0.900. The SMILES string of the molecule is C[C@@H](c1ccc(CN2CCCC3(CCOCC3)C2)cc1)N(C)C. The van der Waals surface area contributed by atoms with Crippen molar-refractivity contribution in [2.45, 2.75) is 45.2 Å². The highest BCUT2D eigenvalue weighted by molar-refractivity contribution is 5.24. The van der Waals surface area contributed by atoms with Gasteiger partial charge in [0, 0.05) is 32.3 Å². The molecule has 1 aromatic carbocycles. The van der Waals surface area contributed by atoms with Crippen molar-refractivity contribution in [2.24, 2.45) is 5.41 Å².